The fourth-order valence-electron chi connectivity index (χ4n) is 4.57. The first-order valence-electron chi connectivity index (χ1n) is 8.98. The van der Waals surface area contributed by atoms with Crippen LogP contribution < -0.4 is 0 Å². The Morgan fingerprint density at radius 3 is 2.81 bits per heavy atom. The lowest BCUT2D eigenvalue weighted by atomic mass is 9.81. The number of aryl methyl sites for hydroxylation is 1. The van der Waals surface area contributed by atoms with Gasteiger partial charge >= 0.3 is 0 Å². The van der Waals surface area contributed by atoms with Crippen LogP contribution in [-0.4, -0.2) is 47.3 Å². The van der Waals surface area contributed by atoms with Gasteiger partial charge in [-0.25, -0.2) is 4.39 Å². The van der Waals surface area contributed by atoms with Crippen LogP contribution in [-0.2, 0) is 20.4 Å². The van der Waals surface area contributed by atoms with Crippen LogP contribution in [0.1, 0.15) is 30.2 Å². The number of aromatic nitrogens is 2. The third kappa shape index (κ3) is 2.09. The molecule has 3 aliphatic rings. The van der Waals surface area contributed by atoms with E-state index in [1.807, 2.05) is 4.90 Å². The summed E-state index contributed by atoms with van der Waals surface area (Å²) in [6, 6.07) is 6.61. The van der Waals surface area contributed by atoms with Gasteiger partial charge in [0, 0.05) is 31.5 Å². The van der Waals surface area contributed by atoms with E-state index in [0.717, 1.165) is 0 Å². The lowest BCUT2D eigenvalue weighted by molar-refractivity contribution is -0.133. The molecule has 1 amide bonds. The first-order chi connectivity index (χ1) is 12.6. The van der Waals surface area contributed by atoms with Crippen molar-refractivity contribution in [1.29, 1.82) is 0 Å². The number of nitrogens with zero attached hydrogens (tertiary/aromatic N) is 3. The van der Waals surface area contributed by atoms with Crippen molar-refractivity contribution >= 4 is 5.91 Å². The molecule has 1 saturated carbocycles. The highest BCUT2D eigenvalue weighted by atomic mass is 19.1. The van der Waals surface area contributed by atoms with Gasteiger partial charge in [-0.15, -0.1) is 10.2 Å². The SMILES string of the molecule is Cc1nnc([C@@]23COC[C@@H]2CN(C(=O)C2(c4ccccc4F)CC2)C3)o1. The molecule has 2 aliphatic heterocycles. The lowest BCUT2D eigenvalue weighted by Gasteiger charge is -2.26. The molecule has 5 rings (SSSR count). The minimum absolute atomic E-state index is 0.00705. The summed E-state index contributed by atoms with van der Waals surface area (Å²) in [5, 5.41) is 8.16. The molecule has 0 N–H and O–H groups in total. The van der Waals surface area contributed by atoms with Gasteiger partial charge in [0.15, 0.2) is 0 Å². The predicted octanol–water partition coefficient (Wildman–Crippen LogP) is 1.98. The number of fused-ring (bicyclic) bond motifs is 1. The molecule has 0 radical (unpaired) electrons. The number of carbonyl (C=O) groups excluding carboxylic acids is 1. The zero-order valence-electron chi connectivity index (χ0n) is 14.6. The Morgan fingerprint density at radius 1 is 1.31 bits per heavy atom. The number of benzene rings is 1. The molecule has 2 aromatic rings. The summed E-state index contributed by atoms with van der Waals surface area (Å²) >= 11 is 0. The van der Waals surface area contributed by atoms with Crippen molar-refractivity contribution in [3.05, 3.63) is 47.4 Å². The van der Waals surface area contributed by atoms with Gasteiger partial charge in [0.25, 0.3) is 0 Å². The topological polar surface area (TPSA) is 68.5 Å². The van der Waals surface area contributed by atoms with Crippen LogP contribution in [0, 0.1) is 18.7 Å². The number of likely N-dealkylation sites (tertiary alicyclic amines) is 1. The minimum atomic E-state index is -0.712. The Morgan fingerprint density at radius 2 is 2.12 bits per heavy atom. The third-order valence-corrected chi connectivity index (χ3v) is 6.16. The average Bonchev–Trinajstić information content (AvgIpc) is 2.95. The monoisotopic (exact) mass is 357 g/mol. The number of hydrogen-bond acceptors (Lipinski definition) is 5. The number of halogens is 1. The minimum Gasteiger partial charge on any atom is -0.425 e. The Hall–Kier alpha value is -2.28. The average molecular weight is 357 g/mol. The molecule has 0 bridgehead atoms. The van der Waals surface area contributed by atoms with E-state index in [1.54, 1.807) is 25.1 Å². The number of hydrogen-bond donors (Lipinski definition) is 0. The number of amides is 1. The maximum atomic E-state index is 14.3. The van der Waals surface area contributed by atoms with Gasteiger partial charge in [-0.3, -0.25) is 4.79 Å². The molecule has 2 atom stereocenters. The summed E-state index contributed by atoms with van der Waals surface area (Å²) in [7, 11) is 0. The molecule has 3 fully saturated rings. The highest BCUT2D eigenvalue weighted by Crippen LogP contribution is 2.52. The summed E-state index contributed by atoms with van der Waals surface area (Å²) in [4.78, 5) is 15.2. The highest BCUT2D eigenvalue weighted by Gasteiger charge is 2.61. The van der Waals surface area contributed by atoms with E-state index in [-0.39, 0.29) is 17.6 Å². The Labute approximate surface area is 150 Å². The van der Waals surface area contributed by atoms with Crippen molar-refractivity contribution in [1.82, 2.24) is 15.1 Å². The van der Waals surface area contributed by atoms with Crippen LogP contribution in [0.3, 0.4) is 0 Å². The molecule has 3 heterocycles. The van der Waals surface area contributed by atoms with Gasteiger partial charge in [0.05, 0.1) is 24.0 Å². The summed E-state index contributed by atoms with van der Waals surface area (Å²) in [6.07, 6.45) is 1.38. The van der Waals surface area contributed by atoms with E-state index in [0.29, 0.717) is 56.5 Å². The van der Waals surface area contributed by atoms with Gasteiger partial charge in [0.1, 0.15) is 5.82 Å². The highest BCUT2D eigenvalue weighted by molar-refractivity contribution is 5.91. The van der Waals surface area contributed by atoms with Crippen LogP contribution in [0.15, 0.2) is 28.7 Å². The summed E-state index contributed by atoms with van der Waals surface area (Å²) < 4.78 is 25.7. The van der Waals surface area contributed by atoms with E-state index in [1.165, 1.54) is 6.07 Å². The Balaban J connectivity index is 1.46. The van der Waals surface area contributed by atoms with Crippen molar-refractivity contribution in [2.24, 2.45) is 5.92 Å². The number of carbonyl (C=O) groups is 1. The molecule has 7 heteroatoms. The van der Waals surface area contributed by atoms with Gasteiger partial charge in [-0.05, 0) is 18.9 Å². The van der Waals surface area contributed by atoms with Crippen LogP contribution in [0.4, 0.5) is 4.39 Å². The van der Waals surface area contributed by atoms with Gasteiger partial charge < -0.3 is 14.1 Å². The van der Waals surface area contributed by atoms with Gasteiger partial charge in [-0.1, -0.05) is 18.2 Å². The Kier molecular flexibility index (Phi) is 3.28. The lowest BCUT2D eigenvalue weighted by Crippen LogP contribution is -2.41. The third-order valence-electron chi connectivity index (χ3n) is 6.16. The maximum Gasteiger partial charge on any atom is 0.233 e. The van der Waals surface area contributed by atoms with Crippen LogP contribution in [0.25, 0.3) is 0 Å². The van der Waals surface area contributed by atoms with E-state index in [9.17, 15) is 9.18 Å². The molecule has 0 unspecified atom stereocenters. The molecular formula is C19H20FN3O3. The van der Waals surface area contributed by atoms with E-state index in [4.69, 9.17) is 9.15 Å². The molecule has 1 aliphatic carbocycles. The molecular weight excluding hydrogens is 337 g/mol. The standard InChI is InChI=1S/C19H20FN3O3/c1-12-21-22-16(26-12)19-10-23(8-13(19)9-25-11-19)17(24)18(6-7-18)14-4-2-3-5-15(14)20/h2-5,13H,6-11H2,1H3/t13-,19-/m0/s1. The van der Waals surface area contributed by atoms with Gasteiger partial charge in [-0.2, -0.15) is 0 Å². The summed E-state index contributed by atoms with van der Waals surface area (Å²) in [6.45, 7) is 3.85. The molecule has 26 heavy (non-hydrogen) atoms. The first-order valence-corrected chi connectivity index (χ1v) is 8.98. The molecule has 136 valence electrons. The number of rotatable bonds is 3. The van der Waals surface area contributed by atoms with Gasteiger partial charge in [0.2, 0.25) is 17.7 Å². The first kappa shape index (κ1) is 15.9. The summed E-state index contributed by atoms with van der Waals surface area (Å²) in [5.74, 6) is 0.886. The normalized spacial score (nSPS) is 29.0. The fourth-order valence-corrected chi connectivity index (χ4v) is 4.57. The quantitative estimate of drug-likeness (QED) is 0.840. The van der Waals surface area contributed by atoms with Crippen molar-refractivity contribution in [2.75, 3.05) is 26.3 Å². The van der Waals surface area contributed by atoms with Crippen molar-refractivity contribution < 1.29 is 18.3 Å². The van der Waals surface area contributed by atoms with Crippen LogP contribution >= 0.6 is 0 Å². The van der Waals surface area contributed by atoms with Crippen molar-refractivity contribution in [2.45, 2.75) is 30.6 Å². The van der Waals surface area contributed by atoms with Crippen LogP contribution in [0.2, 0.25) is 0 Å². The Bertz CT molecular complexity index is 878. The smallest absolute Gasteiger partial charge is 0.233 e. The second-order valence-electron chi connectivity index (χ2n) is 7.74. The van der Waals surface area contributed by atoms with Crippen molar-refractivity contribution in [3.8, 4) is 0 Å². The summed E-state index contributed by atoms with van der Waals surface area (Å²) in [5.41, 5.74) is -0.639. The molecule has 1 aromatic heterocycles. The zero-order chi connectivity index (χ0) is 17.9. The van der Waals surface area contributed by atoms with E-state index < -0.39 is 10.8 Å². The maximum absolute atomic E-state index is 14.3. The van der Waals surface area contributed by atoms with E-state index in [2.05, 4.69) is 10.2 Å². The second kappa shape index (κ2) is 5.36. The van der Waals surface area contributed by atoms with Crippen molar-refractivity contribution in [3.63, 3.8) is 0 Å². The molecule has 1 aromatic carbocycles. The molecule has 0 spiro atoms. The largest absolute Gasteiger partial charge is 0.425 e. The van der Waals surface area contributed by atoms with Crippen LogP contribution in [0.5, 0.6) is 0 Å². The van der Waals surface area contributed by atoms with E-state index >= 15 is 0 Å². The fraction of sp³-hybridized carbons (Fsp3) is 0.526. The molecule has 6 nitrogen and oxygen atoms in total. The zero-order valence-corrected chi connectivity index (χ0v) is 14.6. The second-order valence-corrected chi connectivity index (χ2v) is 7.74. The molecule has 2 saturated heterocycles. The number of ether oxygens (including phenoxy) is 1. The predicted molar refractivity (Wildman–Crippen MR) is 88.9 cm³/mol.